The summed E-state index contributed by atoms with van der Waals surface area (Å²) in [5.74, 6) is -0.00636. The first kappa shape index (κ1) is 12.2. The zero-order valence-corrected chi connectivity index (χ0v) is 9.02. The van der Waals surface area contributed by atoms with Crippen molar-refractivity contribution in [2.45, 2.75) is 32.6 Å². The fourth-order valence-electron chi connectivity index (χ4n) is 1.19. The van der Waals surface area contributed by atoms with Gasteiger partial charge in [0, 0.05) is 18.9 Å². The van der Waals surface area contributed by atoms with Crippen LogP contribution in [0.1, 0.15) is 31.4 Å². The van der Waals surface area contributed by atoms with Crippen LogP contribution in [-0.2, 0) is 9.59 Å². The van der Waals surface area contributed by atoms with Crippen LogP contribution in [0.2, 0.25) is 0 Å². The summed E-state index contributed by atoms with van der Waals surface area (Å²) < 4.78 is 4.78. The summed E-state index contributed by atoms with van der Waals surface area (Å²) >= 11 is 0. The van der Waals surface area contributed by atoms with Crippen LogP contribution in [0.25, 0.3) is 0 Å². The fourth-order valence-corrected chi connectivity index (χ4v) is 1.19. The van der Waals surface area contributed by atoms with Crippen LogP contribution in [0, 0.1) is 6.92 Å². The quantitative estimate of drug-likeness (QED) is 0.718. The van der Waals surface area contributed by atoms with Gasteiger partial charge >= 0.3 is 5.97 Å². The molecule has 0 atom stereocenters. The number of carbonyl (C=O) groups is 2. The number of carbonyl (C=O) groups excluding carboxylic acids is 1. The van der Waals surface area contributed by atoms with Crippen molar-refractivity contribution >= 4 is 17.7 Å². The van der Waals surface area contributed by atoms with Gasteiger partial charge in [-0.2, -0.15) is 0 Å². The number of hydrogen-bond acceptors (Lipinski definition) is 4. The van der Waals surface area contributed by atoms with Crippen molar-refractivity contribution in [3.8, 4) is 0 Å². The Morgan fingerprint density at radius 2 is 2.12 bits per heavy atom. The molecular formula is C10H14N2O4. The maximum Gasteiger partial charge on any atom is 0.303 e. The maximum absolute atomic E-state index is 11.3. The molecule has 0 aliphatic rings. The summed E-state index contributed by atoms with van der Waals surface area (Å²) in [4.78, 5) is 21.5. The molecule has 0 spiro atoms. The number of nitrogens with one attached hydrogen (secondary N) is 1. The number of anilines is 1. The molecule has 1 aromatic rings. The first-order chi connectivity index (χ1) is 7.58. The third-order valence-electron chi connectivity index (χ3n) is 1.94. The van der Waals surface area contributed by atoms with Crippen molar-refractivity contribution < 1.29 is 19.2 Å². The van der Waals surface area contributed by atoms with Crippen molar-refractivity contribution in [1.29, 1.82) is 0 Å². The van der Waals surface area contributed by atoms with Gasteiger partial charge in [-0.05, 0) is 19.8 Å². The molecule has 0 radical (unpaired) electrons. The number of hydrogen-bond donors (Lipinski definition) is 2. The summed E-state index contributed by atoms with van der Waals surface area (Å²) in [6.07, 6.45) is 1.44. The zero-order valence-electron chi connectivity index (χ0n) is 9.02. The monoisotopic (exact) mass is 226 g/mol. The van der Waals surface area contributed by atoms with Crippen LogP contribution in [0.5, 0.6) is 0 Å². The highest BCUT2D eigenvalue weighted by atomic mass is 16.5. The largest absolute Gasteiger partial charge is 0.481 e. The Kier molecular flexibility index (Phi) is 4.50. The van der Waals surface area contributed by atoms with Gasteiger partial charge in [-0.3, -0.25) is 9.59 Å². The van der Waals surface area contributed by atoms with E-state index >= 15 is 0 Å². The number of aromatic nitrogens is 1. The van der Waals surface area contributed by atoms with Crippen LogP contribution in [0.3, 0.4) is 0 Å². The lowest BCUT2D eigenvalue weighted by Gasteiger charge is -1.99. The van der Waals surface area contributed by atoms with Gasteiger partial charge in [-0.15, -0.1) is 0 Å². The average Bonchev–Trinajstić information content (AvgIpc) is 2.58. The molecule has 0 aliphatic carbocycles. The van der Waals surface area contributed by atoms with Crippen molar-refractivity contribution in [3.63, 3.8) is 0 Å². The van der Waals surface area contributed by atoms with Gasteiger partial charge in [-0.1, -0.05) is 5.16 Å². The van der Waals surface area contributed by atoms with Crippen molar-refractivity contribution in [2.75, 3.05) is 5.32 Å². The minimum absolute atomic E-state index is 0.0936. The molecule has 0 saturated heterocycles. The van der Waals surface area contributed by atoms with E-state index in [9.17, 15) is 9.59 Å². The third-order valence-corrected chi connectivity index (χ3v) is 1.94. The van der Waals surface area contributed by atoms with Crippen LogP contribution >= 0.6 is 0 Å². The highest BCUT2D eigenvalue weighted by molar-refractivity contribution is 5.89. The number of rotatable bonds is 6. The highest BCUT2D eigenvalue weighted by Gasteiger charge is 2.06. The van der Waals surface area contributed by atoms with Gasteiger partial charge in [0.25, 0.3) is 0 Å². The second-order valence-corrected chi connectivity index (χ2v) is 3.47. The molecule has 0 bridgehead atoms. The van der Waals surface area contributed by atoms with Crippen LogP contribution < -0.4 is 5.32 Å². The number of nitrogens with zero attached hydrogens (tertiary/aromatic N) is 1. The predicted octanol–water partition coefficient (Wildman–Crippen LogP) is 1.57. The van der Waals surface area contributed by atoms with E-state index < -0.39 is 5.97 Å². The standard InChI is InChI=1S/C10H14N2O4/c1-7-6-8(12-16-7)11-9(13)4-2-3-5-10(14)15/h6H,2-5H2,1H3,(H,14,15)(H,11,12,13). The van der Waals surface area contributed by atoms with Crippen molar-refractivity contribution in [2.24, 2.45) is 0 Å². The highest BCUT2D eigenvalue weighted by Crippen LogP contribution is 2.08. The molecule has 2 N–H and O–H groups in total. The van der Waals surface area contributed by atoms with Gasteiger partial charge in [0.15, 0.2) is 5.82 Å². The van der Waals surface area contributed by atoms with E-state index in [2.05, 4.69) is 10.5 Å². The molecule has 1 heterocycles. The first-order valence-corrected chi connectivity index (χ1v) is 5.03. The van der Waals surface area contributed by atoms with Crippen molar-refractivity contribution in [1.82, 2.24) is 5.16 Å². The number of unbranched alkanes of at least 4 members (excludes halogenated alkanes) is 1. The summed E-state index contributed by atoms with van der Waals surface area (Å²) in [5.41, 5.74) is 0. The summed E-state index contributed by atoms with van der Waals surface area (Å²) in [7, 11) is 0. The molecule has 1 amide bonds. The number of aryl methyl sites for hydroxylation is 1. The molecular weight excluding hydrogens is 212 g/mol. The Morgan fingerprint density at radius 3 is 2.69 bits per heavy atom. The van der Waals surface area contributed by atoms with Crippen LogP contribution in [0.4, 0.5) is 5.82 Å². The normalized spacial score (nSPS) is 10.1. The van der Waals surface area contributed by atoms with Crippen LogP contribution in [0.15, 0.2) is 10.6 Å². The Labute approximate surface area is 92.6 Å². The lowest BCUT2D eigenvalue weighted by Crippen LogP contribution is -2.11. The molecule has 1 aromatic heterocycles. The van der Waals surface area contributed by atoms with E-state index in [4.69, 9.17) is 9.63 Å². The second kappa shape index (κ2) is 5.89. The molecule has 16 heavy (non-hydrogen) atoms. The molecule has 0 aromatic carbocycles. The summed E-state index contributed by atoms with van der Waals surface area (Å²) in [6, 6.07) is 1.62. The average molecular weight is 226 g/mol. The second-order valence-electron chi connectivity index (χ2n) is 3.47. The van der Waals surface area contributed by atoms with Crippen LogP contribution in [-0.4, -0.2) is 22.1 Å². The molecule has 1 rings (SSSR count). The van der Waals surface area contributed by atoms with E-state index in [1.54, 1.807) is 13.0 Å². The van der Waals surface area contributed by atoms with Gasteiger partial charge in [0.05, 0.1) is 0 Å². The van der Waals surface area contributed by atoms with Crippen molar-refractivity contribution in [3.05, 3.63) is 11.8 Å². The first-order valence-electron chi connectivity index (χ1n) is 5.03. The van der Waals surface area contributed by atoms with Gasteiger partial charge in [0.1, 0.15) is 5.76 Å². The molecule has 0 fully saturated rings. The topological polar surface area (TPSA) is 92.4 Å². The number of aliphatic carboxylic acids is 1. The third kappa shape index (κ3) is 4.59. The number of amides is 1. The van der Waals surface area contributed by atoms with E-state index in [1.165, 1.54) is 0 Å². The molecule has 0 unspecified atom stereocenters. The summed E-state index contributed by atoms with van der Waals surface area (Å²) in [5, 5.41) is 14.6. The minimum atomic E-state index is -0.840. The molecule has 6 heteroatoms. The maximum atomic E-state index is 11.3. The van der Waals surface area contributed by atoms with Gasteiger partial charge in [-0.25, -0.2) is 0 Å². The molecule has 0 saturated carbocycles. The molecule has 88 valence electrons. The smallest absolute Gasteiger partial charge is 0.303 e. The van der Waals surface area contributed by atoms with E-state index in [1.807, 2.05) is 0 Å². The fraction of sp³-hybridized carbons (Fsp3) is 0.500. The Bertz CT molecular complexity index is 373. The van der Waals surface area contributed by atoms with E-state index in [0.29, 0.717) is 30.8 Å². The Hall–Kier alpha value is -1.85. The predicted molar refractivity (Wildman–Crippen MR) is 56.0 cm³/mol. The Balaban J connectivity index is 2.18. The lowest BCUT2D eigenvalue weighted by molar-refractivity contribution is -0.137. The number of carboxylic acid groups (broad SMARTS) is 1. The SMILES string of the molecule is Cc1cc(NC(=O)CCCCC(=O)O)no1. The molecule has 6 nitrogen and oxygen atoms in total. The zero-order chi connectivity index (χ0) is 12.0. The van der Waals surface area contributed by atoms with Gasteiger partial charge < -0.3 is 14.9 Å². The molecule has 0 aliphatic heterocycles. The summed E-state index contributed by atoms with van der Waals surface area (Å²) in [6.45, 7) is 1.73. The van der Waals surface area contributed by atoms with Gasteiger partial charge in [0.2, 0.25) is 5.91 Å². The lowest BCUT2D eigenvalue weighted by atomic mass is 10.2. The van der Waals surface area contributed by atoms with E-state index in [-0.39, 0.29) is 12.3 Å². The Morgan fingerprint density at radius 1 is 1.44 bits per heavy atom. The van der Waals surface area contributed by atoms with E-state index in [0.717, 1.165) is 0 Å². The minimum Gasteiger partial charge on any atom is -0.481 e. The number of carboxylic acids is 1.